The molecule has 0 spiro atoms. The second-order valence-electron chi connectivity index (χ2n) is 4.98. The summed E-state index contributed by atoms with van der Waals surface area (Å²) in [5, 5.41) is 20.9. The first-order chi connectivity index (χ1) is 9.26. The molecule has 0 amide bonds. The first-order valence-electron chi connectivity index (χ1n) is 6.47. The molecule has 1 atom stereocenters. The molecule has 0 saturated carbocycles. The second kappa shape index (κ2) is 5.07. The predicted octanol–water partition coefficient (Wildman–Crippen LogP) is 0.336. The van der Waals surface area contributed by atoms with Gasteiger partial charge in [-0.25, -0.2) is 0 Å². The Morgan fingerprint density at radius 2 is 2.37 bits per heavy atom. The Bertz CT molecular complexity index is 515. The third-order valence-electron chi connectivity index (χ3n) is 3.63. The molecule has 3 heterocycles. The average molecular weight is 259 g/mol. The standard InChI is InChI=1S/C13H17N5O/c19-13(12-9-15-17-16-12)5-8-18(10-13)7-4-11-3-1-2-6-14-11/h1-3,6,9,19H,4-5,7-8,10H2,(H,15,16,17)/t13-/m0/s1. The zero-order chi connectivity index (χ0) is 13.1. The van der Waals surface area contributed by atoms with Crippen LogP contribution in [-0.2, 0) is 12.0 Å². The zero-order valence-electron chi connectivity index (χ0n) is 10.7. The molecule has 0 aromatic carbocycles. The third kappa shape index (κ3) is 2.64. The van der Waals surface area contributed by atoms with E-state index in [0.29, 0.717) is 18.7 Å². The Balaban J connectivity index is 1.58. The van der Waals surface area contributed by atoms with Gasteiger partial charge in [-0.05, 0) is 18.6 Å². The van der Waals surface area contributed by atoms with Gasteiger partial charge >= 0.3 is 0 Å². The SMILES string of the molecule is O[C@@]1(c2cn[nH]n2)CCN(CCc2ccccn2)C1. The number of likely N-dealkylation sites (tertiary alicyclic amines) is 1. The summed E-state index contributed by atoms with van der Waals surface area (Å²) in [5.74, 6) is 0. The lowest BCUT2D eigenvalue weighted by Crippen LogP contribution is -2.32. The number of β-amino-alcohol motifs (C(OH)–C–C–N with tert-alkyl or cyclic N) is 1. The summed E-state index contributed by atoms with van der Waals surface area (Å²) in [5.41, 5.74) is 0.851. The van der Waals surface area contributed by atoms with Crippen LogP contribution in [0.3, 0.4) is 0 Å². The van der Waals surface area contributed by atoms with Gasteiger partial charge in [0, 0.05) is 37.9 Å². The first-order valence-corrected chi connectivity index (χ1v) is 6.47. The van der Waals surface area contributed by atoms with Crippen molar-refractivity contribution in [1.82, 2.24) is 25.3 Å². The minimum absolute atomic E-state index is 0.604. The molecule has 100 valence electrons. The number of H-pyrrole nitrogens is 1. The fourth-order valence-electron chi connectivity index (χ4n) is 2.52. The predicted molar refractivity (Wildman–Crippen MR) is 69.3 cm³/mol. The number of hydrogen-bond donors (Lipinski definition) is 2. The number of hydrogen-bond acceptors (Lipinski definition) is 5. The lowest BCUT2D eigenvalue weighted by atomic mass is 10.00. The summed E-state index contributed by atoms with van der Waals surface area (Å²) in [6.45, 7) is 2.37. The van der Waals surface area contributed by atoms with E-state index < -0.39 is 5.60 Å². The van der Waals surface area contributed by atoms with Crippen molar-refractivity contribution in [3.63, 3.8) is 0 Å². The highest BCUT2D eigenvalue weighted by molar-refractivity contribution is 5.11. The van der Waals surface area contributed by atoms with E-state index >= 15 is 0 Å². The number of rotatable bonds is 4. The van der Waals surface area contributed by atoms with Gasteiger partial charge < -0.3 is 5.11 Å². The monoisotopic (exact) mass is 259 g/mol. The highest BCUT2D eigenvalue weighted by atomic mass is 16.3. The van der Waals surface area contributed by atoms with Crippen LogP contribution in [0.5, 0.6) is 0 Å². The van der Waals surface area contributed by atoms with Crippen molar-refractivity contribution in [2.75, 3.05) is 19.6 Å². The number of nitrogens with zero attached hydrogens (tertiary/aromatic N) is 4. The molecule has 0 aliphatic carbocycles. The van der Waals surface area contributed by atoms with Gasteiger partial charge in [-0.15, -0.1) is 0 Å². The van der Waals surface area contributed by atoms with Crippen molar-refractivity contribution in [2.24, 2.45) is 0 Å². The molecule has 2 aromatic heterocycles. The molecule has 6 nitrogen and oxygen atoms in total. The second-order valence-corrected chi connectivity index (χ2v) is 4.98. The molecule has 2 N–H and O–H groups in total. The van der Waals surface area contributed by atoms with Crippen molar-refractivity contribution in [1.29, 1.82) is 0 Å². The first kappa shape index (κ1) is 12.3. The van der Waals surface area contributed by atoms with E-state index in [4.69, 9.17) is 0 Å². The maximum Gasteiger partial charge on any atom is 0.124 e. The molecule has 1 saturated heterocycles. The Kier molecular flexibility index (Phi) is 3.27. The van der Waals surface area contributed by atoms with Crippen LogP contribution in [-0.4, -0.2) is 50.0 Å². The quantitative estimate of drug-likeness (QED) is 0.827. The maximum absolute atomic E-state index is 10.5. The van der Waals surface area contributed by atoms with Gasteiger partial charge in [0.25, 0.3) is 0 Å². The Morgan fingerprint density at radius 3 is 3.11 bits per heavy atom. The molecule has 3 rings (SSSR count). The average Bonchev–Trinajstić information content (AvgIpc) is 3.08. The molecule has 0 unspecified atom stereocenters. The minimum Gasteiger partial charge on any atom is -0.382 e. The van der Waals surface area contributed by atoms with E-state index in [2.05, 4.69) is 25.3 Å². The van der Waals surface area contributed by atoms with Crippen molar-refractivity contribution < 1.29 is 5.11 Å². The van der Waals surface area contributed by atoms with Gasteiger partial charge in [-0.1, -0.05) is 6.07 Å². The van der Waals surface area contributed by atoms with Gasteiger partial charge in [0.1, 0.15) is 11.3 Å². The van der Waals surface area contributed by atoms with E-state index in [-0.39, 0.29) is 0 Å². The molecule has 6 heteroatoms. The van der Waals surface area contributed by atoms with Crippen LogP contribution in [0.25, 0.3) is 0 Å². The van der Waals surface area contributed by atoms with E-state index in [9.17, 15) is 5.11 Å². The van der Waals surface area contributed by atoms with E-state index in [1.807, 2.05) is 24.4 Å². The van der Waals surface area contributed by atoms with Gasteiger partial charge in [0.2, 0.25) is 0 Å². The Morgan fingerprint density at radius 1 is 1.42 bits per heavy atom. The van der Waals surface area contributed by atoms with Gasteiger partial charge in [-0.2, -0.15) is 15.4 Å². The topological polar surface area (TPSA) is 77.9 Å². The van der Waals surface area contributed by atoms with Crippen LogP contribution in [0, 0.1) is 0 Å². The molecule has 19 heavy (non-hydrogen) atoms. The van der Waals surface area contributed by atoms with Crippen molar-refractivity contribution in [3.05, 3.63) is 42.0 Å². The fourth-order valence-corrected chi connectivity index (χ4v) is 2.52. The van der Waals surface area contributed by atoms with Crippen molar-refractivity contribution >= 4 is 0 Å². The number of aromatic nitrogens is 4. The fraction of sp³-hybridized carbons (Fsp3) is 0.462. The molecule has 1 fully saturated rings. The summed E-state index contributed by atoms with van der Waals surface area (Å²) in [6, 6.07) is 5.95. The van der Waals surface area contributed by atoms with Crippen LogP contribution in [0.4, 0.5) is 0 Å². The normalized spacial score (nSPS) is 23.8. The Hall–Kier alpha value is -1.79. The highest BCUT2D eigenvalue weighted by Gasteiger charge is 2.39. The third-order valence-corrected chi connectivity index (χ3v) is 3.63. The van der Waals surface area contributed by atoms with Crippen LogP contribution >= 0.6 is 0 Å². The van der Waals surface area contributed by atoms with Gasteiger partial charge in [0.05, 0.1) is 6.20 Å². The lowest BCUT2D eigenvalue weighted by molar-refractivity contribution is 0.0418. The smallest absolute Gasteiger partial charge is 0.124 e. The van der Waals surface area contributed by atoms with E-state index in [0.717, 1.165) is 25.2 Å². The number of pyridine rings is 1. The number of aliphatic hydroxyl groups is 1. The highest BCUT2D eigenvalue weighted by Crippen LogP contribution is 2.29. The van der Waals surface area contributed by atoms with Gasteiger partial charge in [0.15, 0.2) is 0 Å². The van der Waals surface area contributed by atoms with Crippen molar-refractivity contribution in [3.8, 4) is 0 Å². The molecule has 2 aromatic rings. The summed E-state index contributed by atoms with van der Waals surface area (Å²) in [7, 11) is 0. The minimum atomic E-state index is -0.864. The summed E-state index contributed by atoms with van der Waals surface area (Å²) in [4.78, 5) is 6.55. The van der Waals surface area contributed by atoms with Crippen LogP contribution in [0.1, 0.15) is 17.8 Å². The zero-order valence-corrected chi connectivity index (χ0v) is 10.7. The lowest BCUT2D eigenvalue weighted by Gasteiger charge is -2.20. The van der Waals surface area contributed by atoms with Crippen LogP contribution in [0.15, 0.2) is 30.6 Å². The summed E-state index contributed by atoms with van der Waals surface area (Å²) < 4.78 is 0. The molecular weight excluding hydrogens is 242 g/mol. The number of aromatic amines is 1. The Labute approximate surface area is 111 Å². The van der Waals surface area contributed by atoms with Crippen molar-refractivity contribution in [2.45, 2.75) is 18.4 Å². The van der Waals surface area contributed by atoms with Crippen LogP contribution in [0.2, 0.25) is 0 Å². The number of nitrogens with one attached hydrogen (secondary N) is 1. The maximum atomic E-state index is 10.5. The van der Waals surface area contributed by atoms with E-state index in [1.165, 1.54) is 0 Å². The van der Waals surface area contributed by atoms with E-state index in [1.54, 1.807) is 6.20 Å². The van der Waals surface area contributed by atoms with Gasteiger partial charge in [-0.3, -0.25) is 9.88 Å². The molecule has 1 aliphatic heterocycles. The summed E-state index contributed by atoms with van der Waals surface area (Å²) >= 11 is 0. The molecular formula is C13H17N5O. The molecule has 0 bridgehead atoms. The summed E-state index contributed by atoms with van der Waals surface area (Å²) in [6.07, 6.45) is 5.00. The van der Waals surface area contributed by atoms with Crippen LogP contribution < -0.4 is 0 Å². The molecule has 1 aliphatic rings. The molecule has 0 radical (unpaired) electrons. The largest absolute Gasteiger partial charge is 0.382 e.